The molecule has 1 aromatic carbocycles. The van der Waals surface area contributed by atoms with Crippen molar-refractivity contribution in [1.29, 1.82) is 0 Å². The number of nitrogens with zero attached hydrogens (tertiary/aromatic N) is 6. The van der Waals surface area contributed by atoms with Crippen molar-refractivity contribution in [3.8, 4) is 11.8 Å². The molecule has 0 saturated carbocycles. The van der Waals surface area contributed by atoms with Gasteiger partial charge in [-0.1, -0.05) is 24.8 Å². The summed E-state index contributed by atoms with van der Waals surface area (Å²) in [6.07, 6.45) is 9.01. The minimum Gasteiger partial charge on any atom is -0.369 e. The molecule has 2 amide bonds. The molecule has 42 heavy (non-hydrogen) atoms. The van der Waals surface area contributed by atoms with Crippen LogP contribution in [0, 0.1) is 11.8 Å². The van der Waals surface area contributed by atoms with Gasteiger partial charge in [0, 0.05) is 51.1 Å². The van der Waals surface area contributed by atoms with Gasteiger partial charge in [-0.3, -0.25) is 9.59 Å². The van der Waals surface area contributed by atoms with Gasteiger partial charge in [-0.2, -0.15) is 15.2 Å². The fraction of sp³-hybridized carbons (Fsp3) is 0.433. The summed E-state index contributed by atoms with van der Waals surface area (Å²) in [5, 5.41) is 15.4. The molecule has 0 aliphatic carbocycles. The van der Waals surface area contributed by atoms with E-state index in [1.165, 1.54) is 11.0 Å². The Morgan fingerprint density at radius 3 is 2.67 bits per heavy atom. The van der Waals surface area contributed by atoms with E-state index in [4.69, 9.17) is 0 Å². The second-order valence-electron chi connectivity index (χ2n) is 10.0. The normalized spacial score (nSPS) is 13.1. The lowest BCUT2D eigenvalue weighted by Gasteiger charge is -2.23. The Bertz CT molecular complexity index is 1300. The summed E-state index contributed by atoms with van der Waals surface area (Å²) in [7, 11) is 5.48. The van der Waals surface area contributed by atoms with E-state index in [1.807, 2.05) is 49.5 Å². The van der Waals surface area contributed by atoms with Crippen molar-refractivity contribution < 1.29 is 9.59 Å². The third kappa shape index (κ3) is 10.2. The van der Waals surface area contributed by atoms with Crippen LogP contribution in [0.15, 0.2) is 47.7 Å². The highest BCUT2D eigenvalue weighted by molar-refractivity contribution is 5.92. The van der Waals surface area contributed by atoms with E-state index in [2.05, 4.69) is 55.2 Å². The molecule has 0 unspecified atom stereocenters. The topological polar surface area (TPSA) is 130 Å². The minimum absolute atomic E-state index is 0.196. The smallest absolute Gasteiger partial charge is 0.246 e. The van der Waals surface area contributed by atoms with Crippen LogP contribution in [-0.4, -0.2) is 91.2 Å². The summed E-state index contributed by atoms with van der Waals surface area (Å²) in [5.74, 6) is 7.05. The Kier molecular flexibility index (Phi) is 12.8. The van der Waals surface area contributed by atoms with Gasteiger partial charge >= 0.3 is 0 Å². The Hall–Kier alpha value is -4.47. The average Bonchev–Trinajstić information content (AvgIpc) is 3.53. The number of hydrogen-bond acceptors (Lipinski definition) is 10. The molecular weight excluding hydrogens is 532 g/mol. The van der Waals surface area contributed by atoms with Gasteiger partial charge in [0.1, 0.15) is 11.9 Å². The van der Waals surface area contributed by atoms with E-state index < -0.39 is 6.04 Å². The predicted molar refractivity (Wildman–Crippen MR) is 169 cm³/mol. The summed E-state index contributed by atoms with van der Waals surface area (Å²) in [6, 6.07) is 7.23. The Morgan fingerprint density at radius 2 is 1.98 bits per heavy atom. The summed E-state index contributed by atoms with van der Waals surface area (Å²) < 4.78 is 0. The van der Waals surface area contributed by atoms with Gasteiger partial charge < -0.3 is 25.8 Å². The number of hydrazone groups is 1. The summed E-state index contributed by atoms with van der Waals surface area (Å²) in [4.78, 5) is 37.3. The van der Waals surface area contributed by atoms with Crippen LogP contribution in [0.25, 0.3) is 0 Å². The highest BCUT2D eigenvalue weighted by Gasteiger charge is 2.20. The van der Waals surface area contributed by atoms with Gasteiger partial charge in [0.15, 0.2) is 0 Å². The van der Waals surface area contributed by atoms with E-state index >= 15 is 0 Å². The summed E-state index contributed by atoms with van der Waals surface area (Å²) in [6.45, 7) is 6.40. The molecule has 12 nitrogen and oxygen atoms in total. The van der Waals surface area contributed by atoms with Gasteiger partial charge in [-0.05, 0) is 58.1 Å². The second kappa shape index (κ2) is 16.7. The fourth-order valence-corrected chi connectivity index (χ4v) is 3.72. The molecule has 0 fully saturated rings. The van der Waals surface area contributed by atoms with Crippen molar-refractivity contribution >= 4 is 41.2 Å². The maximum atomic E-state index is 12.5. The van der Waals surface area contributed by atoms with Gasteiger partial charge in [0.25, 0.3) is 0 Å². The summed E-state index contributed by atoms with van der Waals surface area (Å²) >= 11 is 0. The first-order valence-corrected chi connectivity index (χ1v) is 14.2. The third-order valence-electron chi connectivity index (χ3n) is 6.27. The van der Waals surface area contributed by atoms with Crippen molar-refractivity contribution in [3.05, 3.63) is 48.2 Å². The molecule has 0 saturated heterocycles. The van der Waals surface area contributed by atoms with Crippen molar-refractivity contribution in [2.75, 3.05) is 63.1 Å². The van der Waals surface area contributed by atoms with Crippen LogP contribution in [0.1, 0.15) is 38.7 Å². The molecule has 1 aliphatic heterocycles. The lowest BCUT2D eigenvalue weighted by molar-refractivity contribution is -0.135. The second-order valence-corrected chi connectivity index (χ2v) is 10.0. The van der Waals surface area contributed by atoms with Crippen molar-refractivity contribution in [2.24, 2.45) is 5.10 Å². The molecule has 3 rings (SSSR count). The quantitative estimate of drug-likeness (QED) is 0.153. The number of hydrogen-bond donors (Lipinski definition) is 4. The molecule has 224 valence electrons. The molecule has 1 aliphatic rings. The molecule has 0 spiro atoms. The number of hydrazine groups is 1. The highest BCUT2D eigenvalue weighted by Crippen LogP contribution is 2.21. The number of benzene rings is 1. The monoisotopic (exact) mass is 574 g/mol. The predicted octanol–water partition coefficient (Wildman–Crippen LogP) is 2.57. The van der Waals surface area contributed by atoms with E-state index in [0.29, 0.717) is 49.8 Å². The Labute approximate surface area is 248 Å². The maximum absolute atomic E-state index is 12.5. The molecule has 0 bridgehead atoms. The standard InChI is InChI=1S/C30H42N10O2/c1-6-17-31-28-24(22-33-30(37-28)36-25-13-15-26(16-14-25)40-34-19-20-35-40)11-8-7-9-18-32-29(42)23(2)39(5)27(41)12-10-21-38(3)4/h10,12-16,19,22-23,35H,6-7,9,17-18,20-21H2,1-5H3,(H,32,42)(H2,31,33,36,37)/b12-10+/t23-/m0/s1. The van der Waals surface area contributed by atoms with Crippen LogP contribution in [0.4, 0.5) is 23.1 Å². The maximum Gasteiger partial charge on any atom is 0.246 e. The molecule has 2 aromatic rings. The number of nitrogens with one attached hydrogen (secondary N) is 4. The zero-order valence-corrected chi connectivity index (χ0v) is 25.1. The number of carbonyl (C=O) groups excluding carboxylic acids is 2. The zero-order chi connectivity index (χ0) is 30.3. The fourth-order valence-electron chi connectivity index (χ4n) is 3.72. The van der Waals surface area contributed by atoms with Gasteiger partial charge in [0.2, 0.25) is 17.8 Å². The van der Waals surface area contributed by atoms with Gasteiger partial charge in [-0.25, -0.2) is 10.4 Å². The zero-order valence-electron chi connectivity index (χ0n) is 25.1. The van der Waals surface area contributed by atoms with Crippen molar-refractivity contribution in [3.63, 3.8) is 0 Å². The molecule has 12 heteroatoms. The van der Waals surface area contributed by atoms with Crippen molar-refractivity contribution in [2.45, 2.75) is 39.2 Å². The minimum atomic E-state index is -0.571. The number of aromatic nitrogens is 2. The van der Waals surface area contributed by atoms with Crippen molar-refractivity contribution in [1.82, 2.24) is 30.5 Å². The number of carbonyl (C=O) groups is 2. The lowest BCUT2D eigenvalue weighted by atomic mass is 10.2. The van der Waals surface area contributed by atoms with Crippen LogP contribution in [0.3, 0.4) is 0 Å². The molecule has 2 heterocycles. The Morgan fingerprint density at radius 1 is 1.19 bits per heavy atom. The molecule has 4 N–H and O–H groups in total. The highest BCUT2D eigenvalue weighted by atomic mass is 16.2. The molecule has 0 radical (unpaired) electrons. The number of unbranched alkanes of at least 4 members (excludes halogenated alkanes) is 1. The van der Waals surface area contributed by atoms with Crippen LogP contribution in [0.5, 0.6) is 0 Å². The van der Waals surface area contributed by atoms with Gasteiger partial charge in [-0.15, -0.1) is 0 Å². The third-order valence-corrected chi connectivity index (χ3v) is 6.27. The van der Waals surface area contributed by atoms with Crippen LogP contribution in [0.2, 0.25) is 0 Å². The number of anilines is 4. The van der Waals surface area contributed by atoms with Crippen LogP contribution < -0.4 is 26.5 Å². The van der Waals surface area contributed by atoms with Crippen LogP contribution in [-0.2, 0) is 9.59 Å². The first-order chi connectivity index (χ1) is 20.3. The van der Waals surface area contributed by atoms with E-state index in [1.54, 1.807) is 31.4 Å². The number of likely N-dealkylation sites (N-methyl/N-ethyl adjacent to an activating group) is 2. The van der Waals surface area contributed by atoms with Gasteiger partial charge in [0.05, 0.1) is 24.0 Å². The molecular formula is C30H42N10O2. The number of amides is 2. The Balaban J connectivity index is 1.49. The summed E-state index contributed by atoms with van der Waals surface area (Å²) in [5.41, 5.74) is 5.64. The lowest BCUT2D eigenvalue weighted by Crippen LogP contribution is -2.45. The average molecular weight is 575 g/mol. The SMILES string of the molecule is CCCNc1nc(Nc2ccc(N3N=CCN3)cc2)ncc1C#CCCCNC(=O)[C@H](C)N(C)C(=O)/C=C/CN(C)C. The molecule has 1 atom stereocenters. The van der Waals surface area contributed by atoms with Crippen LogP contribution >= 0.6 is 0 Å². The number of rotatable bonds is 14. The molecule has 1 aromatic heterocycles. The van der Waals surface area contributed by atoms with E-state index in [-0.39, 0.29) is 11.8 Å². The first-order valence-electron chi connectivity index (χ1n) is 14.2. The van der Waals surface area contributed by atoms with E-state index in [9.17, 15) is 9.59 Å². The first kappa shape index (κ1) is 32.0. The largest absolute Gasteiger partial charge is 0.369 e. The van der Waals surface area contributed by atoms with E-state index in [0.717, 1.165) is 24.3 Å².